The topological polar surface area (TPSA) is 60.5 Å². The Balaban J connectivity index is 2.30. The number of nitrogens with zero attached hydrogens (tertiary/aromatic N) is 1. The van der Waals surface area contributed by atoms with Crippen LogP contribution >= 0.6 is 15.9 Å². The number of aromatic nitrogens is 1. The van der Waals surface area contributed by atoms with E-state index in [0.717, 1.165) is 0 Å². The molecule has 0 saturated carbocycles. The first-order valence-electron chi connectivity index (χ1n) is 5.31. The highest BCUT2D eigenvalue weighted by Gasteiger charge is 2.08. The number of hydrogen-bond donors (Lipinski definition) is 1. The predicted octanol–water partition coefficient (Wildman–Crippen LogP) is 1.38. The molecule has 0 atom stereocenters. The van der Waals surface area contributed by atoms with Gasteiger partial charge >= 0.3 is 0 Å². The van der Waals surface area contributed by atoms with Crippen molar-refractivity contribution in [1.29, 1.82) is 0 Å². The molecule has 5 nitrogen and oxygen atoms in total. The van der Waals surface area contributed by atoms with Gasteiger partial charge in [-0.2, -0.15) is 4.39 Å². The van der Waals surface area contributed by atoms with Crippen LogP contribution in [-0.2, 0) is 9.47 Å². The molecule has 1 aromatic rings. The fourth-order valence-corrected chi connectivity index (χ4v) is 1.48. The van der Waals surface area contributed by atoms with Crippen molar-refractivity contribution in [3.8, 4) is 0 Å². The minimum absolute atomic E-state index is 0.159. The van der Waals surface area contributed by atoms with Gasteiger partial charge in [0.1, 0.15) is 0 Å². The van der Waals surface area contributed by atoms with Gasteiger partial charge in [0.15, 0.2) is 0 Å². The molecule has 100 valence electrons. The van der Waals surface area contributed by atoms with Gasteiger partial charge in [-0.05, 0) is 22.0 Å². The van der Waals surface area contributed by atoms with Crippen LogP contribution < -0.4 is 5.32 Å². The van der Waals surface area contributed by atoms with Crippen molar-refractivity contribution in [2.45, 2.75) is 0 Å². The van der Waals surface area contributed by atoms with Gasteiger partial charge in [-0.3, -0.25) is 4.79 Å². The first-order chi connectivity index (χ1) is 8.65. The average Bonchev–Trinajstić information content (AvgIpc) is 2.36. The summed E-state index contributed by atoms with van der Waals surface area (Å²) in [5.41, 5.74) is 0.292. The summed E-state index contributed by atoms with van der Waals surface area (Å²) in [6, 6.07) is 1.38. The number of nitrogens with one attached hydrogen (secondary N) is 1. The highest BCUT2D eigenvalue weighted by molar-refractivity contribution is 9.10. The van der Waals surface area contributed by atoms with Crippen LogP contribution in [0.5, 0.6) is 0 Å². The van der Waals surface area contributed by atoms with Gasteiger partial charge in [-0.25, -0.2) is 4.98 Å². The molecule has 18 heavy (non-hydrogen) atoms. The van der Waals surface area contributed by atoms with E-state index in [9.17, 15) is 9.18 Å². The molecule has 1 N–H and O–H groups in total. The van der Waals surface area contributed by atoms with Crippen LogP contribution in [0, 0.1) is 5.95 Å². The van der Waals surface area contributed by atoms with Crippen molar-refractivity contribution in [2.24, 2.45) is 0 Å². The van der Waals surface area contributed by atoms with E-state index in [2.05, 4.69) is 26.2 Å². The standard InChI is InChI=1S/C11H14BrFN2O3/c1-17-4-5-18-3-2-14-11(16)8-6-9(12)10(13)15-7-8/h6-7H,2-5H2,1H3,(H,14,16). The predicted molar refractivity (Wildman–Crippen MR) is 66.9 cm³/mol. The molecule has 0 bridgehead atoms. The molecule has 0 aliphatic rings. The number of hydrogen-bond acceptors (Lipinski definition) is 4. The van der Waals surface area contributed by atoms with Crippen molar-refractivity contribution in [2.75, 3.05) is 33.5 Å². The third-order valence-corrected chi connectivity index (χ3v) is 2.58. The van der Waals surface area contributed by atoms with Crippen LogP contribution in [0.15, 0.2) is 16.7 Å². The zero-order chi connectivity index (χ0) is 13.4. The largest absolute Gasteiger partial charge is 0.382 e. The molecule has 0 spiro atoms. The Morgan fingerprint density at radius 1 is 1.50 bits per heavy atom. The Morgan fingerprint density at radius 3 is 2.94 bits per heavy atom. The molecule has 0 unspecified atom stereocenters. The molecule has 0 aromatic carbocycles. The summed E-state index contributed by atoms with van der Waals surface area (Å²) >= 11 is 2.97. The van der Waals surface area contributed by atoms with Crippen molar-refractivity contribution in [1.82, 2.24) is 10.3 Å². The quantitative estimate of drug-likeness (QED) is 0.609. The molecule has 0 aliphatic carbocycles. The molecule has 0 aliphatic heterocycles. The van der Waals surface area contributed by atoms with E-state index in [0.29, 0.717) is 31.9 Å². The maximum atomic E-state index is 12.9. The fraction of sp³-hybridized carbons (Fsp3) is 0.455. The number of carbonyl (C=O) groups is 1. The minimum Gasteiger partial charge on any atom is -0.382 e. The number of pyridine rings is 1. The Hall–Kier alpha value is -1.05. The van der Waals surface area contributed by atoms with E-state index < -0.39 is 5.95 Å². The summed E-state index contributed by atoms with van der Waals surface area (Å²) in [6.45, 7) is 1.77. The summed E-state index contributed by atoms with van der Waals surface area (Å²) in [6.07, 6.45) is 1.18. The molecule has 0 saturated heterocycles. The maximum Gasteiger partial charge on any atom is 0.252 e. The van der Waals surface area contributed by atoms with E-state index in [4.69, 9.17) is 9.47 Å². The minimum atomic E-state index is -0.644. The lowest BCUT2D eigenvalue weighted by Gasteiger charge is -2.06. The SMILES string of the molecule is COCCOCCNC(=O)c1cnc(F)c(Br)c1. The molecule has 0 radical (unpaired) electrons. The van der Waals surface area contributed by atoms with Gasteiger partial charge in [-0.1, -0.05) is 0 Å². The summed E-state index contributed by atoms with van der Waals surface area (Å²) < 4.78 is 23.0. The van der Waals surface area contributed by atoms with Crippen LogP contribution in [0.1, 0.15) is 10.4 Å². The van der Waals surface area contributed by atoms with Crippen molar-refractivity contribution < 1.29 is 18.7 Å². The number of halogens is 2. The van der Waals surface area contributed by atoms with E-state index in [1.54, 1.807) is 7.11 Å². The van der Waals surface area contributed by atoms with Crippen LogP contribution in [0.4, 0.5) is 4.39 Å². The molecule has 1 heterocycles. The third-order valence-electron chi connectivity index (χ3n) is 2.02. The lowest BCUT2D eigenvalue weighted by molar-refractivity contribution is 0.0692. The second kappa shape index (κ2) is 8.12. The van der Waals surface area contributed by atoms with Crippen molar-refractivity contribution >= 4 is 21.8 Å². The number of ether oxygens (including phenoxy) is 2. The van der Waals surface area contributed by atoms with Gasteiger partial charge in [0, 0.05) is 19.9 Å². The Bertz CT molecular complexity index is 404. The van der Waals surface area contributed by atoms with Gasteiger partial charge in [0.05, 0.1) is 29.9 Å². The van der Waals surface area contributed by atoms with E-state index in [1.165, 1.54) is 12.3 Å². The number of carbonyl (C=O) groups excluding carboxylic acids is 1. The Kier molecular flexibility index (Phi) is 6.77. The third kappa shape index (κ3) is 5.07. The van der Waals surface area contributed by atoms with Crippen molar-refractivity contribution in [3.05, 3.63) is 28.2 Å². The maximum absolute atomic E-state index is 12.9. The van der Waals surface area contributed by atoms with Gasteiger partial charge in [0.2, 0.25) is 5.95 Å². The molecule has 7 heteroatoms. The zero-order valence-corrected chi connectivity index (χ0v) is 11.5. The second-order valence-corrected chi connectivity index (χ2v) is 4.21. The molecule has 1 aromatic heterocycles. The highest BCUT2D eigenvalue weighted by Crippen LogP contribution is 2.14. The van der Waals surface area contributed by atoms with E-state index in [-0.39, 0.29) is 10.4 Å². The van der Waals surface area contributed by atoms with Crippen LogP contribution in [0.25, 0.3) is 0 Å². The van der Waals surface area contributed by atoms with Gasteiger partial charge in [0.25, 0.3) is 5.91 Å². The summed E-state index contributed by atoms with van der Waals surface area (Å²) in [5.74, 6) is -0.965. The van der Waals surface area contributed by atoms with Gasteiger partial charge in [-0.15, -0.1) is 0 Å². The lowest BCUT2D eigenvalue weighted by atomic mass is 10.3. The number of rotatable bonds is 7. The average molecular weight is 321 g/mol. The molecule has 1 amide bonds. The second-order valence-electron chi connectivity index (χ2n) is 3.36. The molecular formula is C11H14BrFN2O3. The van der Waals surface area contributed by atoms with Crippen LogP contribution in [0.2, 0.25) is 0 Å². The monoisotopic (exact) mass is 320 g/mol. The first kappa shape index (κ1) is 15.0. The molecule has 1 rings (SSSR count). The molecule has 0 fully saturated rings. The van der Waals surface area contributed by atoms with Gasteiger partial charge < -0.3 is 14.8 Å². The zero-order valence-electron chi connectivity index (χ0n) is 9.91. The number of amides is 1. The number of methoxy groups -OCH3 is 1. The fourth-order valence-electron chi connectivity index (χ4n) is 1.13. The van der Waals surface area contributed by atoms with Crippen LogP contribution in [-0.4, -0.2) is 44.4 Å². The Labute approximate surface area is 113 Å². The first-order valence-corrected chi connectivity index (χ1v) is 6.10. The normalized spacial score (nSPS) is 10.4. The van der Waals surface area contributed by atoms with Crippen LogP contribution in [0.3, 0.4) is 0 Å². The smallest absolute Gasteiger partial charge is 0.252 e. The summed E-state index contributed by atoms with van der Waals surface area (Å²) in [7, 11) is 1.59. The van der Waals surface area contributed by atoms with E-state index >= 15 is 0 Å². The Morgan fingerprint density at radius 2 is 2.28 bits per heavy atom. The van der Waals surface area contributed by atoms with E-state index in [1.807, 2.05) is 0 Å². The molecular weight excluding hydrogens is 307 g/mol. The van der Waals surface area contributed by atoms with Crippen molar-refractivity contribution in [3.63, 3.8) is 0 Å². The summed E-state index contributed by atoms with van der Waals surface area (Å²) in [4.78, 5) is 15.1. The highest BCUT2D eigenvalue weighted by atomic mass is 79.9. The lowest BCUT2D eigenvalue weighted by Crippen LogP contribution is -2.27. The summed E-state index contributed by atoms with van der Waals surface area (Å²) in [5, 5.41) is 2.63.